The highest BCUT2D eigenvalue weighted by molar-refractivity contribution is 5.84. The van der Waals surface area contributed by atoms with Gasteiger partial charge in [-0.2, -0.15) is 13.2 Å². The maximum atomic E-state index is 13.1. The summed E-state index contributed by atoms with van der Waals surface area (Å²) < 4.78 is 39.2. The number of rotatable bonds is 1. The molecule has 3 rings (SSSR count). The molecule has 3 aliphatic rings. The lowest BCUT2D eigenvalue weighted by atomic mass is 9.67. The van der Waals surface area contributed by atoms with Crippen LogP contribution >= 0.6 is 0 Å². The van der Waals surface area contributed by atoms with Gasteiger partial charge in [-0.1, -0.05) is 12.8 Å². The Morgan fingerprint density at radius 3 is 2.73 bits per heavy atom. The summed E-state index contributed by atoms with van der Waals surface area (Å²) in [5, 5.41) is 13.2. The highest BCUT2D eigenvalue weighted by atomic mass is 19.4. The molecule has 0 spiro atoms. The van der Waals surface area contributed by atoms with E-state index in [9.17, 15) is 23.1 Å². The predicted octanol–water partition coefficient (Wildman–Crippen LogP) is 1.68. The summed E-state index contributed by atoms with van der Waals surface area (Å²) in [4.78, 5) is 14.2. The van der Waals surface area contributed by atoms with E-state index in [4.69, 9.17) is 0 Å². The van der Waals surface area contributed by atoms with Crippen molar-refractivity contribution in [2.45, 2.75) is 50.3 Å². The van der Waals surface area contributed by atoms with Crippen LogP contribution in [0, 0.1) is 11.3 Å². The van der Waals surface area contributed by atoms with Crippen molar-refractivity contribution >= 4 is 5.91 Å². The zero-order chi connectivity index (χ0) is 16.0. The number of nitrogens with zero attached hydrogens (tertiary/aromatic N) is 1. The normalized spacial score (nSPS) is 39.6. The molecule has 1 saturated carbocycles. The summed E-state index contributed by atoms with van der Waals surface area (Å²) in [6.45, 7) is 1.01. The number of hydrogen-bond acceptors (Lipinski definition) is 3. The van der Waals surface area contributed by atoms with Crippen LogP contribution in [0.3, 0.4) is 0 Å². The van der Waals surface area contributed by atoms with Crippen LogP contribution in [0.2, 0.25) is 0 Å². The largest absolute Gasteiger partial charge is 0.418 e. The van der Waals surface area contributed by atoms with Crippen molar-refractivity contribution in [2.75, 3.05) is 26.2 Å². The maximum absolute atomic E-state index is 13.1. The van der Waals surface area contributed by atoms with E-state index in [2.05, 4.69) is 5.32 Å². The van der Waals surface area contributed by atoms with Crippen molar-refractivity contribution in [2.24, 2.45) is 11.3 Å². The van der Waals surface area contributed by atoms with Gasteiger partial charge in [-0.25, -0.2) is 0 Å². The molecular formula is C15H23F3N2O2. The Labute approximate surface area is 128 Å². The average molecular weight is 320 g/mol. The Morgan fingerprint density at radius 2 is 2.00 bits per heavy atom. The zero-order valence-corrected chi connectivity index (χ0v) is 12.6. The summed E-state index contributed by atoms with van der Waals surface area (Å²) >= 11 is 0. The van der Waals surface area contributed by atoms with Gasteiger partial charge in [0.05, 0.1) is 12.0 Å². The van der Waals surface area contributed by atoms with E-state index in [-0.39, 0.29) is 24.7 Å². The molecule has 0 aromatic rings. The van der Waals surface area contributed by atoms with E-state index in [0.29, 0.717) is 13.1 Å². The molecule has 2 heterocycles. The van der Waals surface area contributed by atoms with E-state index < -0.39 is 23.7 Å². The van der Waals surface area contributed by atoms with E-state index in [0.717, 1.165) is 32.2 Å². The van der Waals surface area contributed by atoms with Crippen molar-refractivity contribution in [3.63, 3.8) is 0 Å². The van der Waals surface area contributed by atoms with Gasteiger partial charge in [0.2, 0.25) is 5.91 Å². The van der Waals surface area contributed by atoms with Gasteiger partial charge in [-0.3, -0.25) is 4.79 Å². The first-order valence-electron chi connectivity index (χ1n) is 8.08. The number of amides is 1. The van der Waals surface area contributed by atoms with Crippen LogP contribution in [0.4, 0.5) is 13.2 Å². The Kier molecular flexibility index (Phi) is 3.92. The zero-order valence-electron chi connectivity index (χ0n) is 12.6. The Morgan fingerprint density at radius 1 is 1.23 bits per heavy atom. The molecule has 2 saturated heterocycles. The minimum absolute atomic E-state index is 0.190. The van der Waals surface area contributed by atoms with Gasteiger partial charge in [0.1, 0.15) is 0 Å². The summed E-state index contributed by atoms with van der Waals surface area (Å²) in [5.41, 5.74) is -3.31. The smallest absolute Gasteiger partial charge is 0.379 e. The molecule has 1 unspecified atom stereocenters. The molecule has 126 valence electrons. The average Bonchev–Trinajstić information content (AvgIpc) is 2.90. The number of halogens is 3. The summed E-state index contributed by atoms with van der Waals surface area (Å²) in [5.74, 6) is 0.0271. The quantitative estimate of drug-likeness (QED) is 0.773. The number of aliphatic hydroxyl groups is 1. The van der Waals surface area contributed by atoms with Crippen molar-refractivity contribution < 1.29 is 23.1 Å². The van der Waals surface area contributed by atoms with E-state index in [1.807, 2.05) is 0 Å². The van der Waals surface area contributed by atoms with Gasteiger partial charge in [0.25, 0.3) is 0 Å². The summed E-state index contributed by atoms with van der Waals surface area (Å²) in [7, 11) is 0. The molecule has 0 aromatic carbocycles. The first kappa shape index (κ1) is 16.1. The highest BCUT2D eigenvalue weighted by Crippen LogP contribution is 2.46. The minimum atomic E-state index is -4.69. The number of alkyl halides is 3. The lowest BCUT2D eigenvalue weighted by molar-refractivity contribution is -0.273. The van der Waals surface area contributed by atoms with Crippen molar-refractivity contribution in [1.29, 1.82) is 0 Å². The van der Waals surface area contributed by atoms with Crippen molar-refractivity contribution in [3.05, 3.63) is 0 Å². The Bertz CT molecular complexity index is 457. The molecule has 0 aromatic heterocycles. The fourth-order valence-electron chi connectivity index (χ4n) is 4.42. The van der Waals surface area contributed by atoms with Gasteiger partial charge >= 0.3 is 6.18 Å². The fraction of sp³-hybridized carbons (Fsp3) is 0.933. The van der Waals surface area contributed by atoms with Crippen LogP contribution in [-0.4, -0.2) is 53.9 Å². The molecule has 2 aliphatic heterocycles. The number of β-amino-alcohol motifs (C(OH)–C–C–N with tert-alkyl or cyclic N) is 1. The SMILES string of the molecule is O=C(N1CCCC(O)(C(F)(F)F)C1)[C@@]12CCCC[C@H]1CNC2. The van der Waals surface area contributed by atoms with Crippen LogP contribution in [0.1, 0.15) is 38.5 Å². The molecule has 4 nitrogen and oxygen atoms in total. The van der Waals surface area contributed by atoms with Crippen LogP contribution in [0.15, 0.2) is 0 Å². The second kappa shape index (κ2) is 5.37. The molecule has 22 heavy (non-hydrogen) atoms. The minimum Gasteiger partial charge on any atom is -0.379 e. The van der Waals surface area contributed by atoms with E-state index >= 15 is 0 Å². The number of fused-ring (bicyclic) bond motifs is 1. The Balaban J connectivity index is 1.80. The first-order valence-corrected chi connectivity index (χ1v) is 8.08. The van der Waals surface area contributed by atoms with Gasteiger partial charge in [-0.15, -0.1) is 0 Å². The van der Waals surface area contributed by atoms with Crippen molar-refractivity contribution in [3.8, 4) is 0 Å². The summed E-state index contributed by atoms with van der Waals surface area (Å²) in [6.07, 6.45) is -1.11. The first-order chi connectivity index (χ1) is 10.3. The standard InChI is InChI=1S/C15H23F3N2O2/c16-15(17,18)14(22)6-3-7-20(10-14)12(21)13-5-2-1-4-11(13)8-19-9-13/h11,19,22H,1-10H2/t11-,13+,14?/m0/s1. The number of carbonyl (C=O) groups excluding carboxylic acids is 1. The molecular weight excluding hydrogens is 297 g/mol. The van der Waals surface area contributed by atoms with Crippen LogP contribution in [0.25, 0.3) is 0 Å². The molecule has 1 aliphatic carbocycles. The second-order valence-electron chi connectivity index (χ2n) is 7.09. The third-order valence-electron chi connectivity index (χ3n) is 5.75. The van der Waals surface area contributed by atoms with E-state index in [1.165, 1.54) is 4.90 Å². The van der Waals surface area contributed by atoms with Gasteiger partial charge in [-0.05, 0) is 38.1 Å². The van der Waals surface area contributed by atoms with Crippen LogP contribution in [-0.2, 0) is 4.79 Å². The van der Waals surface area contributed by atoms with Crippen LogP contribution in [0.5, 0.6) is 0 Å². The molecule has 3 fully saturated rings. The second-order valence-corrected chi connectivity index (χ2v) is 7.09. The number of nitrogens with one attached hydrogen (secondary N) is 1. The maximum Gasteiger partial charge on any atom is 0.418 e. The van der Waals surface area contributed by atoms with Crippen LogP contribution < -0.4 is 5.32 Å². The monoisotopic (exact) mass is 320 g/mol. The number of carbonyl (C=O) groups is 1. The molecule has 0 radical (unpaired) electrons. The van der Waals surface area contributed by atoms with Crippen molar-refractivity contribution in [1.82, 2.24) is 10.2 Å². The predicted molar refractivity (Wildman–Crippen MR) is 74.1 cm³/mol. The van der Waals surface area contributed by atoms with Gasteiger partial charge < -0.3 is 15.3 Å². The van der Waals surface area contributed by atoms with Gasteiger partial charge in [0, 0.05) is 13.1 Å². The molecule has 0 bridgehead atoms. The lowest BCUT2D eigenvalue weighted by Gasteiger charge is -2.45. The number of likely N-dealkylation sites (tertiary alicyclic amines) is 1. The number of piperidine rings is 1. The molecule has 2 N–H and O–H groups in total. The third kappa shape index (κ3) is 2.42. The molecule has 3 atom stereocenters. The summed E-state index contributed by atoms with van der Waals surface area (Å²) in [6, 6.07) is 0. The third-order valence-corrected chi connectivity index (χ3v) is 5.75. The Hall–Kier alpha value is -0.820. The number of hydrogen-bond donors (Lipinski definition) is 2. The van der Waals surface area contributed by atoms with Gasteiger partial charge in [0.15, 0.2) is 5.60 Å². The molecule has 1 amide bonds. The highest BCUT2D eigenvalue weighted by Gasteiger charge is 2.58. The molecule has 7 heteroatoms. The van der Waals surface area contributed by atoms with E-state index in [1.54, 1.807) is 0 Å². The topological polar surface area (TPSA) is 52.6 Å². The lowest BCUT2D eigenvalue weighted by Crippen LogP contribution is -2.61. The fourth-order valence-corrected chi connectivity index (χ4v) is 4.42.